The van der Waals surface area contributed by atoms with Crippen LogP contribution in [0.5, 0.6) is 0 Å². The molecule has 2 aromatic carbocycles. The molecule has 2 N–H and O–H groups in total. The van der Waals surface area contributed by atoms with E-state index in [1.807, 2.05) is 50.2 Å². The van der Waals surface area contributed by atoms with E-state index in [0.717, 1.165) is 53.5 Å². The summed E-state index contributed by atoms with van der Waals surface area (Å²) in [5.74, 6) is 0.987. The predicted octanol–water partition coefficient (Wildman–Crippen LogP) is 1.74. The molecule has 11 nitrogen and oxygen atoms in total. The number of benzene rings is 2. The number of carboxylic acid groups (broad SMARTS) is 1. The van der Waals surface area contributed by atoms with E-state index in [0.29, 0.717) is 36.3 Å². The monoisotopic (exact) mass is 570 g/mol. The first-order valence-electron chi connectivity index (χ1n) is 13.1. The van der Waals surface area contributed by atoms with Crippen LogP contribution in [0, 0.1) is 0 Å². The molecule has 2 heterocycles. The van der Waals surface area contributed by atoms with Gasteiger partial charge in [0.25, 0.3) is 0 Å². The summed E-state index contributed by atoms with van der Waals surface area (Å²) >= 11 is 0. The molecule has 0 fully saturated rings. The molecule has 2 aliphatic rings. The van der Waals surface area contributed by atoms with Crippen LogP contribution < -0.4 is 29.6 Å². The van der Waals surface area contributed by atoms with Gasteiger partial charge in [0, 0.05) is 24.0 Å². The van der Waals surface area contributed by atoms with Gasteiger partial charge in [-0.3, -0.25) is 9.59 Å². The third kappa shape index (κ3) is 6.75. The van der Waals surface area contributed by atoms with Gasteiger partial charge in [-0.25, -0.2) is 0 Å². The average Bonchev–Trinajstić information content (AvgIpc) is 3.77. The van der Waals surface area contributed by atoms with Crippen molar-refractivity contribution in [1.29, 1.82) is 0 Å². The molecule has 0 spiro atoms. The molecule has 0 saturated carbocycles. The van der Waals surface area contributed by atoms with E-state index in [2.05, 4.69) is 20.3 Å². The van der Waals surface area contributed by atoms with Crippen LogP contribution in [0.25, 0.3) is 22.8 Å². The van der Waals surface area contributed by atoms with Crippen LogP contribution in [0.1, 0.15) is 72.6 Å². The van der Waals surface area contributed by atoms with Crippen LogP contribution in [0.2, 0.25) is 0 Å². The van der Waals surface area contributed by atoms with Crippen LogP contribution >= 0.6 is 0 Å². The van der Waals surface area contributed by atoms with E-state index in [4.69, 9.17) is 18.9 Å². The number of rotatable bonds is 6. The van der Waals surface area contributed by atoms with Gasteiger partial charge in [0.2, 0.25) is 23.4 Å². The molecule has 0 bridgehead atoms. The Morgan fingerprint density at radius 3 is 1.73 bits per heavy atom. The second-order valence-corrected chi connectivity index (χ2v) is 9.60. The van der Waals surface area contributed by atoms with Crippen molar-refractivity contribution in [2.45, 2.75) is 64.2 Å². The zero-order valence-electron chi connectivity index (χ0n) is 23.6. The average molecular weight is 571 g/mol. The van der Waals surface area contributed by atoms with E-state index in [1.165, 1.54) is 12.7 Å². The third-order valence-corrected chi connectivity index (χ3v) is 7.28. The Morgan fingerprint density at radius 1 is 0.854 bits per heavy atom. The van der Waals surface area contributed by atoms with Crippen LogP contribution in [0.15, 0.2) is 45.4 Å². The second kappa shape index (κ2) is 14.0. The largest absolute Gasteiger partial charge is 1.00 e. The van der Waals surface area contributed by atoms with Crippen LogP contribution in [0.4, 0.5) is 0 Å². The van der Waals surface area contributed by atoms with Crippen molar-refractivity contribution in [2.24, 2.45) is 0 Å². The van der Waals surface area contributed by atoms with E-state index >= 15 is 0 Å². The Hall–Kier alpha value is -3.38. The summed E-state index contributed by atoms with van der Waals surface area (Å²) in [5, 5.41) is 17.1. The van der Waals surface area contributed by atoms with Gasteiger partial charge in [-0.05, 0) is 60.1 Å². The molecular weight excluding hydrogens is 539 g/mol. The molecule has 2 atom stereocenters. The number of ether oxygens (including phenoxy) is 1. The molecule has 0 amide bonds. The van der Waals surface area contributed by atoms with Crippen molar-refractivity contribution >= 4 is 11.9 Å². The molecule has 2 unspecified atom stereocenters. The summed E-state index contributed by atoms with van der Waals surface area (Å²) in [6.07, 6.45) is 4.57. The molecule has 6 rings (SSSR count). The Kier molecular flexibility index (Phi) is 11.0. The molecule has 2 aliphatic carbocycles. The number of methoxy groups -OCH3 is 1. The predicted molar refractivity (Wildman–Crippen MR) is 142 cm³/mol. The van der Waals surface area contributed by atoms with E-state index in [-0.39, 0.29) is 52.8 Å². The summed E-state index contributed by atoms with van der Waals surface area (Å²) in [4.78, 5) is 31.4. The number of aliphatic carboxylic acids is 1. The number of nitrogens with zero attached hydrogens (tertiary/aromatic N) is 4. The van der Waals surface area contributed by atoms with Crippen molar-refractivity contribution in [3.8, 4) is 22.8 Å². The van der Waals surface area contributed by atoms with E-state index in [9.17, 15) is 9.59 Å². The quantitative estimate of drug-likeness (QED) is 0.264. The number of hydrogen-bond donors (Lipinski definition) is 1. The van der Waals surface area contributed by atoms with Crippen molar-refractivity contribution in [1.82, 2.24) is 20.3 Å². The zero-order chi connectivity index (χ0) is 27.5. The van der Waals surface area contributed by atoms with Gasteiger partial charge >= 0.3 is 41.5 Å². The fourth-order valence-corrected chi connectivity index (χ4v) is 5.19. The van der Waals surface area contributed by atoms with Gasteiger partial charge in [0.1, 0.15) is 0 Å². The van der Waals surface area contributed by atoms with Crippen molar-refractivity contribution < 1.29 is 63.5 Å². The maximum Gasteiger partial charge on any atom is 1.00 e. The topological polar surface area (TPSA) is 171 Å². The smallest absolute Gasteiger partial charge is 0.870 e. The van der Waals surface area contributed by atoms with Gasteiger partial charge in [-0.15, -0.1) is 0 Å². The Bertz CT molecular complexity index is 1520. The van der Waals surface area contributed by atoms with Gasteiger partial charge in [-0.2, -0.15) is 9.97 Å². The molecule has 2 aromatic heterocycles. The molecule has 12 heteroatoms. The maximum atomic E-state index is 11.7. The second-order valence-electron chi connectivity index (χ2n) is 9.60. The van der Waals surface area contributed by atoms with E-state index < -0.39 is 5.97 Å². The number of aromatic nitrogens is 4. The minimum atomic E-state index is -0.751. The normalized spacial score (nSPS) is 16.4. The number of fused-ring (bicyclic) bond motifs is 2. The van der Waals surface area contributed by atoms with Crippen LogP contribution in [0.3, 0.4) is 0 Å². The molecule has 41 heavy (non-hydrogen) atoms. The minimum Gasteiger partial charge on any atom is -0.870 e. The summed E-state index contributed by atoms with van der Waals surface area (Å²) in [6.45, 7) is 3.93. The molecule has 0 radical (unpaired) electrons. The first-order valence-corrected chi connectivity index (χ1v) is 13.1. The number of carbonyl (C=O) groups excluding carboxylic acids is 1. The number of esters is 1. The first kappa shape index (κ1) is 32.1. The molecule has 0 aliphatic heterocycles. The Labute approximate surface area is 259 Å². The van der Waals surface area contributed by atoms with Gasteiger partial charge in [-0.1, -0.05) is 48.4 Å². The summed E-state index contributed by atoms with van der Waals surface area (Å²) in [5.41, 5.74) is 6.02. The summed E-state index contributed by atoms with van der Waals surface area (Å²) in [7, 11) is 1.43. The molecular formula is C29H31N4NaO7. The van der Waals surface area contributed by atoms with Crippen molar-refractivity contribution in [3.05, 3.63) is 70.4 Å². The standard InChI is InChI=1S/C15H16N2O3.C14H14N2O3.Na.H2O/c1-3-13-16-14(17-20-13)10-5-6-11-9(8-10)4-7-12(11)15(18)19-2;1-2-12-15-13(16-19-12)9-4-5-10-8(7-9)3-6-11(10)14(17)18;;/h5-6,8,12H,3-4,7H2,1-2H3;4-5,7,11H,2-3,6H2,1H3,(H,17,18);;1H2/q;;+1;/p-1. The Morgan fingerprint density at radius 2 is 1.32 bits per heavy atom. The SMILES string of the molecule is CCc1nc(-c2ccc3c(c2)CCC3C(=O)O)no1.CCc1nc(-c2ccc3c(c2)CCC3C(=O)OC)no1.[Na+].[OH-]. The number of aryl methyl sites for hydroxylation is 4. The molecule has 0 saturated heterocycles. The first-order chi connectivity index (χ1) is 18.9. The van der Waals surface area contributed by atoms with Gasteiger partial charge < -0.3 is 24.4 Å². The minimum absolute atomic E-state index is 0. The Balaban J connectivity index is 0.000000215. The maximum absolute atomic E-state index is 11.7. The fourth-order valence-electron chi connectivity index (χ4n) is 5.19. The molecule has 210 valence electrons. The molecule has 4 aromatic rings. The van der Waals surface area contributed by atoms with Gasteiger partial charge in [0.05, 0.1) is 18.9 Å². The van der Waals surface area contributed by atoms with Crippen molar-refractivity contribution in [3.63, 3.8) is 0 Å². The number of hydrogen-bond acceptors (Lipinski definition) is 10. The third-order valence-electron chi connectivity index (χ3n) is 7.28. The van der Waals surface area contributed by atoms with Crippen LogP contribution in [-0.4, -0.2) is 49.9 Å². The van der Waals surface area contributed by atoms with Crippen LogP contribution in [-0.2, 0) is 40.0 Å². The van der Waals surface area contributed by atoms with Crippen molar-refractivity contribution in [2.75, 3.05) is 7.11 Å². The number of carbonyl (C=O) groups is 2. The summed E-state index contributed by atoms with van der Waals surface area (Å²) in [6, 6.07) is 11.7. The van der Waals surface area contributed by atoms with Gasteiger partial charge in [0.15, 0.2) is 0 Å². The fraction of sp³-hybridized carbons (Fsp3) is 0.379. The number of carboxylic acids is 1. The van der Waals surface area contributed by atoms with E-state index in [1.54, 1.807) is 0 Å². The summed E-state index contributed by atoms with van der Waals surface area (Å²) < 4.78 is 15.1. The zero-order valence-corrected chi connectivity index (χ0v) is 25.6.